The maximum atomic E-state index is 12.8. The lowest BCUT2D eigenvalue weighted by molar-refractivity contribution is -0.138. The van der Waals surface area contributed by atoms with Gasteiger partial charge in [-0.2, -0.15) is 0 Å². The van der Waals surface area contributed by atoms with Crippen LogP contribution < -0.4 is 5.32 Å². The van der Waals surface area contributed by atoms with Crippen molar-refractivity contribution in [3.8, 4) is 0 Å². The van der Waals surface area contributed by atoms with E-state index < -0.39 is 0 Å². The molecule has 1 aromatic carbocycles. The zero-order valence-electron chi connectivity index (χ0n) is 16.9. The Hall–Kier alpha value is -1.88. The summed E-state index contributed by atoms with van der Waals surface area (Å²) in [4.78, 5) is 29.0. The Bertz CT molecular complexity index is 658. The number of rotatable bonds is 5. The number of carbonyl (C=O) groups excluding carboxylic acids is 2. The lowest BCUT2D eigenvalue weighted by Crippen LogP contribution is -2.52. The van der Waals surface area contributed by atoms with E-state index in [4.69, 9.17) is 0 Å². The molecule has 0 spiro atoms. The van der Waals surface area contributed by atoms with E-state index in [2.05, 4.69) is 10.2 Å². The predicted octanol–water partition coefficient (Wildman–Crippen LogP) is 3.29. The Morgan fingerprint density at radius 2 is 1.81 bits per heavy atom. The van der Waals surface area contributed by atoms with Crippen molar-refractivity contribution < 1.29 is 9.59 Å². The van der Waals surface area contributed by atoms with Crippen molar-refractivity contribution >= 4 is 17.5 Å². The van der Waals surface area contributed by atoms with E-state index in [9.17, 15) is 9.59 Å². The molecule has 1 saturated carbocycles. The van der Waals surface area contributed by atoms with Crippen molar-refractivity contribution in [3.05, 3.63) is 29.8 Å². The van der Waals surface area contributed by atoms with Crippen LogP contribution in [0.5, 0.6) is 0 Å². The third kappa shape index (κ3) is 5.10. The Balaban J connectivity index is 1.50. The number of hydrogen-bond donors (Lipinski definition) is 1. The minimum absolute atomic E-state index is 0.0308. The van der Waals surface area contributed by atoms with Gasteiger partial charge in [-0.1, -0.05) is 37.0 Å². The lowest BCUT2D eigenvalue weighted by Gasteiger charge is -2.43. The molecule has 0 bridgehead atoms. The summed E-state index contributed by atoms with van der Waals surface area (Å²) in [6.07, 6.45) is 6.57. The molecule has 148 valence electrons. The fourth-order valence-corrected chi connectivity index (χ4v) is 4.59. The fraction of sp³-hybridized carbons (Fsp3) is 0.636. The SMILES string of the molecule is Cc1ccc(NC(=O)CN(C)C(=O)[C@@H](C)N2CC[C@@H]3CCCC[C@@H]3C2)cc1. The first-order valence-corrected chi connectivity index (χ1v) is 10.3. The average Bonchev–Trinajstić information content (AvgIpc) is 2.68. The van der Waals surface area contributed by atoms with Crippen LogP contribution in [-0.4, -0.2) is 54.3 Å². The molecule has 0 radical (unpaired) electrons. The van der Waals surface area contributed by atoms with Gasteiger partial charge in [0.25, 0.3) is 0 Å². The van der Waals surface area contributed by atoms with E-state index in [0.717, 1.165) is 36.2 Å². The normalized spacial score (nSPS) is 24.0. The van der Waals surface area contributed by atoms with Gasteiger partial charge < -0.3 is 10.2 Å². The minimum Gasteiger partial charge on any atom is -0.335 e. The van der Waals surface area contributed by atoms with Gasteiger partial charge in [-0.15, -0.1) is 0 Å². The summed E-state index contributed by atoms with van der Waals surface area (Å²) in [6, 6.07) is 7.52. The van der Waals surface area contributed by atoms with Crippen molar-refractivity contribution in [2.45, 2.75) is 52.0 Å². The molecule has 1 aromatic rings. The third-order valence-corrected chi connectivity index (χ3v) is 6.32. The van der Waals surface area contributed by atoms with Gasteiger partial charge in [0.2, 0.25) is 11.8 Å². The van der Waals surface area contributed by atoms with E-state index >= 15 is 0 Å². The second-order valence-corrected chi connectivity index (χ2v) is 8.37. The summed E-state index contributed by atoms with van der Waals surface area (Å²) in [5, 5.41) is 2.86. The number of aryl methyl sites for hydroxylation is 1. The molecule has 0 aromatic heterocycles. The summed E-state index contributed by atoms with van der Waals surface area (Å²) in [5.74, 6) is 1.48. The van der Waals surface area contributed by atoms with Gasteiger partial charge in [0, 0.05) is 19.3 Å². The van der Waals surface area contributed by atoms with Crippen molar-refractivity contribution in [1.82, 2.24) is 9.80 Å². The monoisotopic (exact) mass is 371 g/mol. The molecule has 2 fully saturated rings. The molecule has 3 atom stereocenters. The molecule has 5 nitrogen and oxygen atoms in total. The molecule has 2 amide bonds. The maximum absolute atomic E-state index is 12.8. The molecule has 27 heavy (non-hydrogen) atoms. The highest BCUT2D eigenvalue weighted by Crippen LogP contribution is 2.36. The Kier molecular flexibility index (Phi) is 6.53. The number of benzene rings is 1. The van der Waals surface area contributed by atoms with Crippen LogP contribution in [0.3, 0.4) is 0 Å². The number of likely N-dealkylation sites (N-methyl/N-ethyl adjacent to an activating group) is 1. The lowest BCUT2D eigenvalue weighted by atomic mass is 9.75. The van der Waals surface area contributed by atoms with Crippen LogP contribution in [0.1, 0.15) is 44.6 Å². The summed E-state index contributed by atoms with van der Waals surface area (Å²) < 4.78 is 0. The van der Waals surface area contributed by atoms with Crippen molar-refractivity contribution in [1.29, 1.82) is 0 Å². The molecule has 2 aliphatic rings. The van der Waals surface area contributed by atoms with E-state index in [-0.39, 0.29) is 24.4 Å². The number of nitrogens with one attached hydrogen (secondary N) is 1. The van der Waals surface area contributed by atoms with Crippen LogP contribution in [0, 0.1) is 18.8 Å². The molecule has 1 N–H and O–H groups in total. The van der Waals surface area contributed by atoms with Crippen LogP contribution in [0.2, 0.25) is 0 Å². The molecular formula is C22H33N3O2. The Morgan fingerprint density at radius 1 is 1.15 bits per heavy atom. The smallest absolute Gasteiger partial charge is 0.243 e. The van der Waals surface area contributed by atoms with E-state index in [1.165, 1.54) is 32.1 Å². The van der Waals surface area contributed by atoms with Crippen LogP contribution in [0.4, 0.5) is 5.69 Å². The molecule has 1 aliphatic heterocycles. The number of likely N-dealkylation sites (tertiary alicyclic amines) is 1. The average molecular weight is 372 g/mol. The fourth-order valence-electron chi connectivity index (χ4n) is 4.59. The van der Waals surface area contributed by atoms with Crippen LogP contribution >= 0.6 is 0 Å². The molecule has 5 heteroatoms. The molecule has 1 heterocycles. The number of anilines is 1. The highest BCUT2D eigenvalue weighted by molar-refractivity contribution is 5.95. The van der Waals surface area contributed by atoms with Gasteiger partial charge in [0.1, 0.15) is 0 Å². The van der Waals surface area contributed by atoms with Gasteiger partial charge >= 0.3 is 0 Å². The molecular weight excluding hydrogens is 338 g/mol. The van der Waals surface area contributed by atoms with Crippen molar-refractivity contribution in [3.63, 3.8) is 0 Å². The quantitative estimate of drug-likeness (QED) is 0.864. The second-order valence-electron chi connectivity index (χ2n) is 8.37. The van der Waals surface area contributed by atoms with Gasteiger partial charge in [0.05, 0.1) is 12.6 Å². The van der Waals surface area contributed by atoms with Crippen molar-refractivity contribution in [2.24, 2.45) is 11.8 Å². The van der Waals surface area contributed by atoms with Gasteiger partial charge in [-0.25, -0.2) is 0 Å². The van der Waals surface area contributed by atoms with Crippen molar-refractivity contribution in [2.75, 3.05) is 32.0 Å². The molecule has 1 aliphatic carbocycles. The summed E-state index contributed by atoms with van der Waals surface area (Å²) in [5.41, 5.74) is 1.91. The second kappa shape index (κ2) is 8.87. The topological polar surface area (TPSA) is 52.7 Å². The highest BCUT2D eigenvalue weighted by atomic mass is 16.2. The first-order valence-electron chi connectivity index (χ1n) is 10.3. The number of nitrogens with zero attached hydrogens (tertiary/aromatic N) is 2. The minimum atomic E-state index is -0.162. The highest BCUT2D eigenvalue weighted by Gasteiger charge is 2.35. The van der Waals surface area contributed by atoms with Gasteiger partial charge in [-0.05, 0) is 57.2 Å². The van der Waals surface area contributed by atoms with Crippen LogP contribution in [0.25, 0.3) is 0 Å². The Labute approximate surface area is 163 Å². The number of hydrogen-bond acceptors (Lipinski definition) is 3. The predicted molar refractivity (Wildman–Crippen MR) is 109 cm³/mol. The number of piperidine rings is 1. The number of fused-ring (bicyclic) bond motifs is 1. The van der Waals surface area contributed by atoms with Crippen LogP contribution in [0.15, 0.2) is 24.3 Å². The Morgan fingerprint density at radius 3 is 2.52 bits per heavy atom. The summed E-state index contributed by atoms with van der Waals surface area (Å²) in [7, 11) is 1.72. The van der Waals surface area contributed by atoms with E-state index in [1.807, 2.05) is 38.1 Å². The maximum Gasteiger partial charge on any atom is 0.243 e. The number of amides is 2. The first-order chi connectivity index (χ1) is 12.9. The van der Waals surface area contributed by atoms with Gasteiger partial charge in [-0.3, -0.25) is 14.5 Å². The van der Waals surface area contributed by atoms with E-state index in [0.29, 0.717) is 0 Å². The summed E-state index contributed by atoms with van der Waals surface area (Å²) in [6.45, 7) is 6.10. The molecule has 0 unspecified atom stereocenters. The first kappa shape index (κ1) is 19.9. The third-order valence-electron chi connectivity index (χ3n) is 6.32. The summed E-state index contributed by atoms with van der Waals surface area (Å²) >= 11 is 0. The standard InChI is InChI=1S/C22H33N3O2/c1-16-8-10-20(11-9-16)23-21(26)15-24(3)22(27)17(2)25-13-12-18-6-4-5-7-19(18)14-25/h8-11,17-19H,4-7,12-15H2,1-3H3,(H,23,26)/t17-,18+,19-/m1/s1. The molecule has 1 saturated heterocycles. The van der Waals surface area contributed by atoms with Crippen LogP contribution in [-0.2, 0) is 9.59 Å². The largest absolute Gasteiger partial charge is 0.335 e. The zero-order valence-corrected chi connectivity index (χ0v) is 16.9. The van der Waals surface area contributed by atoms with E-state index in [1.54, 1.807) is 11.9 Å². The zero-order chi connectivity index (χ0) is 19.4. The number of carbonyl (C=O) groups is 2. The van der Waals surface area contributed by atoms with Gasteiger partial charge in [0.15, 0.2) is 0 Å². The molecule has 3 rings (SSSR count).